The van der Waals surface area contributed by atoms with Crippen molar-refractivity contribution >= 4 is 21.6 Å². The van der Waals surface area contributed by atoms with Crippen molar-refractivity contribution in [1.29, 1.82) is 0 Å². The fourth-order valence-electron chi connectivity index (χ4n) is 1.92. The molecule has 21 heavy (non-hydrogen) atoms. The van der Waals surface area contributed by atoms with Gasteiger partial charge in [-0.15, -0.1) is 0 Å². The van der Waals surface area contributed by atoms with Gasteiger partial charge in [-0.1, -0.05) is 34.1 Å². The van der Waals surface area contributed by atoms with Crippen LogP contribution in [0.15, 0.2) is 46.9 Å². The lowest BCUT2D eigenvalue weighted by molar-refractivity contribution is -0.385. The average Bonchev–Trinajstić information content (AvgIpc) is 2.48. The zero-order valence-corrected chi connectivity index (χ0v) is 13.3. The number of halogens is 1. The molecule has 110 valence electrons. The predicted molar refractivity (Wildman–Crippen MR) is 84.8 cm³/mol. The number of para-hydroxylation sites is 1. The Labute approximate surface area is 131 Å². The summed E-state index contributed by atoms with van der Waals surface area (Å²) in [5.41, 5.74) is 0.869. The standard InChI is InChI=1S/C15H15BrN2O3/c1-10(17-2)12-5-3-4-6-14(12)21-15-8-7-11(16)9-13(15)18(19)20/h3-10,17H,1-2H3. The van der Waals surface area contributed by atoms with E-state index in [4.69, 9.17) is 4.74 Å². The summed E-state index contributed by atoms with van der Waals surface area (Å²) in [6.07, 6.45) is 0. The van der Waals surface area contributed by atoms with Gasteiger partial charge in [0, 0.05) is 22.1 Å². The molecule has 0 bridgehead atoms. The Morgan fingerprint density at radius 1 is 1.24 bits per heavy atom. The van der Waals surface area contributed by atoms with Gasteiger partial charge in [0.2, 0.25) is 5.75 Å². The Morgan fingerprint density at radius 2 is 1.95 bits per heavy atom. The van der Waals surface area contributed by atoms with Gasteiger partial charge in [0.1, 0.15) is 5.75 Å². The van der Waals surface area contributed by atoms with E-state index in [1.165, 1.54) is 6.07 Å². The van der Waals surface area contributed by atoms with Crippen LogP contribution >= 0.6 is 15.9 Å². The fraction of sp³-hybridized carbons (Fsp3) is 0.200. The van der Waals surface area contributed by atoms with Crippen molar-refractivity contribution in [3.8, 4) is 11.5 Å². The molecule has 6 heteroatoms. The van der Waals surface area contributed by atoms with E-state index in [-0.39, 0.29) is 17.5 Å². The molecule has 0 fully saturated rings. The van der Waals surface area contributed by atoms with Crippen molar-refractivity contribution in [1.82, 2.24) is 5.32 Å². The van der Waals surface area contributed by atoms with Crippen molar-refractivity contribution in [3.05, 3.63) is 62.6 Å². The second-order valence-electron chi connectivity index (χ2n) is 4.52. The molecule has 0 aromatic heterocycles. The Morgan fingerprint density at radius 3 is 2.62 bits per heavy atom. The number of nitro benzene ring substituents is 1. The maximum Gasteiger partial charge on any atom is 0.312 e. The van der Waals surface area contributed by atoms with Crippen LogP contribution in [-0.4, -0.2) is 12.0 Å². The molecule has 0 heterocycles. The Hall–Kier alpha value is -1.92. The summed E-state index contributed by atoms with van der Waals surface area (Å²) in [6, 6.07) is 12.3. The van der Waals surface area contributed by atoms with Gasteiger partial charge < -0.3 is 10.1 Å². The lowest BCUT2D eigenvalue weighted by Gasteiger charge is -2.16. The van der Waals surface area contributed by atoms with Gasteiger partial charge in [-0.2, -0.15) is 0 Å². The highest BCUT2D eigenvalue weighted by atomic mass is 79.9. The van der Waals surface area contributed by atoms with Crippen LogP contribution in [0.3, 0.4) is 0 Å². The van der Waals surface area contributed by atoms with E-state index in [0.717, 1.165) is 5.56 Å². The molecule has 0 radical (unpaired) electrons. The Kier molecular flexibility index (Phi) is 4.93. The van der Waals surface area contributed by atoms with Crippen LogP contribution in [0.5, 0.6) is 11.5 Å². The molecule has 0 aliphatic heterocycles. The van der Waals surface area contributed by atoms with Crippen LogP contribution in [0, 0.1) is 10.1 Å². The molecule has 2 rings (SSSR count). The Balaban J connectivity index is 2.41. The summed E-state index contributed by atoms with van der Waals surface area (Å²) in [6.45, 7) is 2.00. The van der Waals surface area contributed by atoms with Gasteiger partial charge in [0.15, 0.2) is 0 Å². The predicted octanol–water partition coefficient (Wildman–Crippen LogP) is 4.43. The number of rotatable bonds is 5. The van der Waals surface area contributed by atoms with Gasteiger partial charge in [-0.25, -0.2) is 0 Å². The van der Waals surface area contributed by atoms with E-state index in [9.17, 15) is 10.1 Å². The first-order valence-electron chi connectivity index (χ1n) is 6.41. The smallest absolute Gasteiger partial charge is 0.312 e. The maximum atomic E-state index is 11.1. The highest BCUT2D eigenvalue weighted by Crippen LogP contribution is 2.36. The molecule has 0 spiro atoms. The van der Waals surface area contributed by atoms with Gasteiger partial charge in [0.25, 0.3) is 0 Å². The van der Waals surface area contributed by atoms with Crippen molar-refractivity contribution in [2.24, 2.45) is 0 Å². The van der Waals surface area contributed by atoms with Crippen LogP contribution in [0.25, 0.3) is 0 Å². The number of nitro groups is 1. The molecule has 1 unspecified atom stereocenters. The first kappa shape index (κ1) is 15.5. The number of nitrogens with zero attached hydrogens (tertiary/aromatic N) is 1. The van der Waals surface area contributed by atoms with E-state index in [2.05, 4.69) is 21.2 Å². The topological polar surface area (TPSA) is 64.4 Å². The third-order valence-electron chi connectivity index (χ3n) is 3.16. The molecular weight excluding hydrogens is 336 g/mol. The normalized spacial score (nSPS) is 12.0. The maximum absolute atomic E-state index is 11.1. The summed E-state index contributed by atoms with van der Waals surface area (Å²) < 4.78 is 6.41. The van der Waals surface area contributed by atoms with Crippen LogP contribution in [0.4, 0.5) is 5.69 Å². The van der Waals surface area contributed by atoms with Crippen molar-refractivity contribution in [2.45, 2.75) is 13.0 Å². The van der Waals surface area contributed by atoms with Crippen molar-refractivity contribution in [2.75, 3.05) is 7.05 Å². The molecule has 0 amide bonds. The molecule has 0 aliphatic carbocycles. The minimum atomic E-state index is -0.454. The number of benzene rings is 2. The zero-order chi connectivity index (χ0) is 15.4. The van der Waals surface area contributed by atoms with Gasteiger partial charge in [-0.05, 0) is 32.2 Å². The minimum Gasteiger partial charge on any atom is -0.450 e. The van der Waals surface area contributed by atoms with E-state index in [1.54, 1.807) is 18.2 Å². The van der Waals surface area contributed by atoms with E-state index in [0.29, 0.717) is 10.2 Å². The molecule has 1 atom stereocenters. The summed E-state index contributed by atoms with van der Waals surface area (Å²) in [5.74, 6) is 0.823. The summed E-state index contributed by atoms with van der Waals surface area (Å²) in [5, 5.41) is 14.3. The summed E-state index contributed by atoms with van der Waals surface area (Å²) >= 11 is 3.23. The molecule has 5 nitrogen and oxygen atoms in total. The lowest BCUT2D eigenvalue weighted by atomic mass is 10.1. The number of hydrogen-bond donors (Lipinski definition) is 1. The van der Waals surface area contributed by atoms with E-state index < -0.39 is 4.92 Å². The van der Waals surface area contributed by atoms with Gasteiger partial charge >= 0.3 is 5.69 Å². The third-order valence-corrected chi connectivity index (χ3v) is 3.65. The van der Waals surface area contributed by atoms with Crippen LogP contribution in [0.2, 0.25) is 0 Å². The lowest BCUT2D eigenvalue weighted by Crippen LogP contribution is -2.13. The number of ether oxygens (including phenoxy) is 1. The first-order chi connectivity index (χ1) is 10.0. The number of nitrogens with one attached hydrogen (secondary N) is 1. The molecule has 0 saturated heterocycles. The highest BCUT2D eigenvalue weighted by molar-refractivity contribution is 9.10. The first-order valence-corrected chi connectivity index (χ1v) is 7.20. The highest BCUT2D eigenvalue weighted by Gasteiger charge is 2.18. The third kappa shape index (κ3) is 3.59. The second kappa shape index (κ2) is 6.69. The molecule has 2 aromatic rings. The number of hydrogen-bond acceptors (Lipinski definition) is 4. The minimum absolute atomic E-state index is 0.0729. The van der Waals surface area contributed by atoms with Crippen LogP contribution < -0.4 is 10.1 Å². The quantitative estimate of drug-likeness (QED) is 0.639. The largest absolute Gasteiger partial charge is 0.450 e. The zero-order valence-electron chi connectivity index (χ0n) is 11.7. The van der Waals surface area contributed by atoms with Crippen molar-refractivity contribution < 1.29 is 9.66 Å². The molecule has 1 N–H and O–H groups in total. The molecule has 0 saturated carbocycles. The van der Waals surface area contributed by atoms with Crippen LogP contribution in [0.1, 0.15) is 18.5 Å². The monoisotopic (exact) mass is 350 g/mol. The molecule has 2 aromatic carbocycles. The SMILES string of the molecule is CNC(C)c1ccccc1Oc1ccc(Br)cc1[N+](=O)[O-]. The van der Waals surface area contributed by atoms with Crippen molar-refractivity contribution in [3.63, 3.8) is 0 Å². The second-order valence-corrected chi connectivity index (χ2v) is 5.44. The summed E-state index contributed by atoms with van der Waals surface area (Å²) in [7, 11) is 1.85. The Bertz CT molecular complexity index is 661. The fourth-order valence-corrected chi connectivity index (χ4v) is 2.27. The molecule has 0 aliphatic rings. The van der Waals surface area contributed by atoms with Crippen LogP contribution in [-0.2, 0) is 0 Å². The van der Waals surface area contributed by atoms with E-state index >= 15 is 0 Å². The summed E-state index contributed by atoms with van der Waals surface area (Å²) in [4.78, 5) is 10.7. The average molecular weight is 351 g/mol. The molecular formula is C15H15BrN2O3. The van der Waals surface area contributed by atoms with Gasteiger partial charge in [-0.3, -0.25) is 10.1 Å². The van der Waals surface area contributed by atoms with E-state index in [1.807, 2.05) is 32.2 Å². The van der Waals surface area contributed by atoms with Gasteiger partial charge in [0.05, 0.1) is 4.92 Å².